The third-order valence-corrected chi connectivity index (χ3v) is 3.74. The lowest BCUT2D eigenvalue weighted by molar-refractivity contribution is -0.385. The van der Waals surface area contributed by atoms with E-state index in [4.69, 9.17) is 21.6 Å². The molecule has 0 aromatic heterocycles. The number of ether oxygens (including phenoxy) is 1. The van der Waals surface area contributed by atoms with Gasteiger partial charge in [-0.2, -0.15) is 5.26 Å². The first kappa shape index (κ1) is 16.0. The first-order valence-electron chi connectivity index (χ1n) is 6.65. The Bertz CT molecular complexity index is 654. The third-order valence-electron chi connectivity index (χ3n) is 3.50. The maximum atomic E-state index is 11.9. The molecule has 0 radical (unpaired) electrons. The van der Waals surface area contributed by atoms with Gasteiger partial charge in [-0.1, -0.05) is 11.6 Å². The van der Waals surface area contributed by atoms with Crippen LogP contribution in [0.5, 0.6) is 5.75 Å². The average Bonchev–Trinajstić information content (AvgIpc) is 3.30. The van der Waals surface area contributed by atoms with Crippen LogP contribution in [0.1, 0.15) is 19.8 Å². The van der Waals surface area contributed by atoms with Crippen LogP contribution in [0.2, 0.25) is 5.02 Å². The summed E-state index contributed by atoms with van der Waals surface area (Å²) in [5, 5.41) is 22.9. The summed E-state index contributed by atoms with van der Waals surface area (Å²) < 4.78 is 5.18. The molecule has 1 atom stereocenters. The molecule has 0 bridgehead atoms. The zero-order valence-electron chi connectivity index (χ0n) is 11.8. The minimum atomic E-state index is -0.924. The number of rotatable bonds is 6. The van der Waals surface area contributed by atoms with Crippen molar-refractivity contribution in [3.05, 3.63) is 33.3 Å². The second kappa shape index (κ2) is 6.20. The molecular formula is C14H14ClN3O4. The van der Waals surface area contributed by atoms with Crippen LogP contribution in [0.15, 0.2) is 18.2 Å². The number of nitro groups is 1. The summed E-state index contributed by atoms with van der Waals surface area (Å²) in [6, 6.07) is 6.01. The molecule has 1 fully saturated rings. The van der Waals surface area contributed by atoms with Crippen LogP contribution >= 0.6 is 11.6 Å². The molecule has 1 N–H and O–H groups in total. The molecule has 0 spiro atoms. The predicted octanol–water partition coefficient (Wildman–Crippen LogP) is 2.44. The number of halogens is 1. The quantitative estimate of drug-likeness (QED) is 0.639. The zero-order valence-corrected chi connectivity index (χ0v) is 12.6. The zero-order chi connectivity index (χ0) is 16.3. The Morgan fingerprint density at radius 2 is 2.32 bits per heavy atom. The highest BCUT2D eigenvalue weighted by Crippen LogP contribution is 2.39. The Labute approximate surface area is 132 Å². The molecular weight excluding hydrogens is 310 g/mol. The fourth-order valence-corrected chi connectivity index (χ4v) is 2.27. The molecule has 2 rings (SSSR count). The lowest BCUT2D eigenvalue weighted by atomic mass is 9.98. The first-order valence-corrected chi connectivity index (χ1v) is 7.02. The number of nitrogens with one attached hydrogen (secondary N) is 1. The number of carbonyl (C=O) groups is 1. The molecule has 1 aromatic rings. The van der Waals surface area contributed by atoms with E-state index in [0.29, 0.717) is 0 Å². The highest BCUT2D eigenvalue weighted by Gasteiger charge is 2.43. The van der Waals surface area contributed by atoms with Crippen LogP contribution in [-0.4, -0.2) is 23.0 Å². The van der Waals surface area contributed by atoms with E-state index < -0.39 is 23.0 Å². The highest BCUT2D eigenvalue weighted by molar-refractivity contribution is 6.30. The Balaban J connectivity index is 2.00. The fourth-order valence-electron chi connectivity index (χ4n) is 2.11. The van der Waals surface area contributed by atoms with E-state index in [1.807, 2.05) is 0 Å². The molecule has 0 aliphatic heterocycles. The smallest absolute Gasteiger partial charge is 0.312 e. The van der Waals surface area contributed by atoms with Gasteiger partial charge >= 0.3 is 5.69 Å². The summed E-state index contributed by atoms with van der Waals surface area (Å²) in [5.74, 6) is -0.402. The molecule has 116 valence electrons. The molecule has 1 aliphatic carbocycles. The summed E-state index contributed by atoms with van der Waals surface area (Å²) in [4.78, 5) is 22.2. The van der Waals surface area contributed by atoms with Gasteiger partial charge in [0.25, 0.3) is 5.91 Å². The summed E-state index contributed by atoms with van der Waals surface area (Å²) >= 11 is 5.70. The van der Waals surface area contributed by atoms with Crippen molar-refractivity contribution in [2.45, 2.75) is 25.3 Å². The van der Waals surface area contributed by atoms with E-state index in [1.54, 1.807) is 6.92 Å². The molecule has 1 amide bonds. The number of nitrogens with zero attached hydrogens (tertiary/aromatic N) is 2. The van der Waals surface area contributed by atoms with Crippen molar-refractivity contribution in [3.63, 3.8) is 0 Å². The van der Waals surface area contributed by atoms with Gasteiger partial charge in [-0.3, -0.25) is 14.9 Å². The summed E-state index contributed by atoms with van der Waals surface area (Å²) in [6.07, 6.45) is 1.79. The van der Waals surface area contributed by atoms with E-state index in [1.165, 1.54) is 12.1 Å². The molecule has 1 saturated carbocycles. The number of hydrogen-bond donors (Lipinski definition) is 1. The van der Waals surface area contributed by atoms with Crippen molar-refractivity contribution >= 4 is 23.2 Å². The second-order valence-corrected chi connectivity index (χ2v) is 5.73. The van der Waals surface area contributed by atoms with Gasteiger partial charge < -0.3 is 10.1 Å². The number of hydrogen-bond acceptors (Lipinski definition) is 5. The molecule has 0 saturated heterocycles. The standard InChI is InChI=1S/C14H14ClN3O4/c1-14(8-16,9-2-3-9)17-13(19)7-22-12-5-4-10(15)6-11(12)18(20)21/h4-6,9H,2-3,7H2,1H3,(H,17,19)/t14-/m1/s1. The minimum absolute atomic E-state index is 0.0466. The van der Waals surface area contributed by atoms with Gasteiger partial charge in [0, 0.05) is 11.1 Å². The van der Waals surface area contributed by atoms with Crippen LogP contribution in [0, 0.1) is 27.4 Å². The van der Waals surface area contributed by atoms with Gasteiger partial charge in [0.2, 0.25) is 0 Å². The molecule has 0 unspecified atom stereocenters. The third kappa shape index (κ3) is 3.65. The molecule has 1 aliphatic rings. The van der Waals surface area contributed by atoms with E-state index in [-0.39, 0.29) is 22.4 Å². The SMILES string of the molecule is C[C@](C#N)(NC(=O)COc1ccc(Cl)cc1[N+](=O)[O-])C1CC1. The lowest BCUT2D eigenvalue weighted by Crippen LogP contribution is -2.48. The van der Waals surface area contributed by atoms with Gasteiger partial charge in [-0.05, 0) is 37.8 Å². The van der Waals surface area contributed by atoms with Crippen molar-refractivity contribution in [1.29, 1.82) is 5.26 Å². The summed E-state index contributed by atoms with van der Waals surface area (Å²) in [7, 11) is 0. The molecule has 7 nitrogen and oxygen atoms in total. The number of nitro benzene ring substituents is 1. The highest BCUT2D eigenvalue weighted by atomic mass is 35.5. The lowest BCUT2D eigenvalue weighted by Gasteiger charge is -2.22. The van der Waals surface area contributed by atoms with Gasteiger partial charge in [-0.25, -0.2) is 0 Å². The largest absolute Gasteiger partial charge is 0.477 e. The Morgan fingerprint density at radius 3 is 2.86 bits per heavy atom. The molecule has 1 aromatic carbocycles. The average molecular weight is 324 g/mol. The molecule has 8 heteroatoms. The van der Waals surface area contributed by atoms with Crippen molar-refractivity contribution < 1.29 is 14.5 Å². The maximum absolute atomic E-state index is 11.9. The van der Waals surface area contributed by atoms with Crippen LogP contribution in [0.25, 0.3) is 0 Å². The van der Waals surface area contributed by atoms with Crippen LogP contribution in [0.3, 0.4) is 0 Å². The maximum Gasteiger partial charge on any atom is 0.312 e. The second-order valence-electron chi connectivity index (χ2n) is 5.29. The monoisotopic (exact) mass is 323 g/mol. The number of benzene rings is 1. The van der Waals surface area contributed by atoms with Gasteiger partial charge in [0.1, 0.15) is 5.54 Å². The van der Waals surface area contributed by atoms with Crippen molar-refractivity contribution in [2.75, 3.05) is 6.61 Å². The Hall–Kier alpha value is -2.33. The first-order chi connectivity index (χ1) is 10.4. The number of amides is 1. The van der Waals surface area contributed by atoms with Gasteiger partial charge in [0.05, 0.1) is 11.0 Å². The number of carbonyl (C=O) groups excluding carboxylic acids is 1. The summed E-state index contributed by atoms with van der Waals surface area (Å²) in [6.45, 7) is 1.25. The predicted molar refractivity (Wildman–Crippen MR) is 78.5 cm³/mol. The normalized spacial score (nSPS) is 16.2. The van der Waals surface area contributed by atoms with Crippen LogP contribution < -0.4 is 10.1 Å². The van der Waals surface area contributed by atoms with Crippen molar-refractivity contribution in [2.24, 2.45) is 5.92 Å². The van der Waals surface area contributed by atoms with E-state index >= 15 is 0 Å². The topological polar surface area (TPSA) is 105 Å². The van der Waals surface area contributed by atoms with Crippen molar-refractivity contribution in [1.82, 2.24) is 5.32 Å². The minimum Gasteiger partial charge on any atom is -0.477 e. The molecule has 0 heterocycles. The van der Waals surface area contributed by atoms with Gasteiger partial charge in [0.15, 0.2) is 12.4 Å². The Kier molecular flexibility index (Phi) is 4.52. The van der Waals surface area contributed by atoms with Crippen LogP contribution in [0.4, 0.5) is 5.69 Å². The van der Waals surface area contributed by atoms with E-state index in [0.717, 1.165) is 18.9 Å². The van der Waals surface area contributed by atoms with Crippen LogP contribution in [-0.2, 0) is 4.79 Å². The Morgan fingerprint density at radius 1 is 1.64 bits per heavy atom. The fraction of sp³-hybridized carbons (Fsp3) is 0.429. The summed E-state index contributed by atoms with van der Waals surface area (Å²) in [5.41, 5.74) is -1.24. The van der Waals surface area contributed by atoms with E-state index in [2.05, 4.69) is 11.4 Å². The molecule has 22 heavy (non-hydrogen) atoms. The van der Waals surface area contributed by atoms with Gasteiger partial charge in [-0.15, -0.1) is 0 Å². The van der Waals surface area contributed by atoms with E-state index in [9.17, 15) is 14.9 Å². The number of nitriles is 1. The van der Waals surface area contributed by atoms with Crippen molar-refractivity contribution in [3.8, 4) is 11.8 Å².